The molecular weight excluding hydrogens is 338 g/mol. The zero-order valence-corrected chi connectivity index (χ0v) is 15.6. The van der Waals surface area contributed by atoms with E-state index < -0.39 is 0 Å². The Morgan fingerprint density at radius 3 is 2.33 bits per heavy atom. The van der Waals surface area contributed by atoms with Crippen molar-refractivity contribution in [2.75, 3.05) is 7.11 Å². The summed E-state index contributed by atoms with van der Waals surface area (Å²) in [6.07, 6.45) is 3.42. The van der Waals surface area contributed by atoms with Crippen molar-refractivity contribution in [3.05, 3.63) is 94.8 Å². The minimum Gasteiger partial charge on any atom is -0.465 e. The monoisotopic (exact) mass is 359 g/mol. The number of ketones is 1. The van der Waals surface area contributed by atoms with E-state index in [4.69, 9.17) is 4.74 Å². The third-order valence-corrected chi connectivity index (χ3v) is 4.47. The molecule has 4 heteroatoms. The smallest absolute Gasteiger partial charge is 0.337 e. The summed E-state index contributed by atoms with van der Waals surface area (Å²) in [4.78, 5) is 24.1. The van der Waals surface area contributed by atoms with Crippen LogP contribution >= 0.6 is 0 Å². The molecule has 136 valence electrons. The van der Waals surface area contributed by atoms with Crippen molar-refractivity contribution in [3.63, 3.8) is 0 Å². The minimum absolute atomic E-state index is 0.0342. The lowest BCUT2D eigenvalue weighted by molar-refractivity contribution is 0.0600. The van der Waals surface area contributed by atoms with Crippen LogP contribution in [0.15, 0.2) is 66.7 Å². The molecule has 2 aromatic carbocycles. The third kappa shape index (κ3) is 3.90. The molecule has 1 aromatic heterocycles. The molecule has 0 N–H and O–H groups in total. The van der Waals surface area contributed by atoms with Crippen LogP contribution in [0.1, 0.15) is 37.7 Å². The van der Waals surface area contributed by atoms with Crippen LogP contribution in [-0.2, 0) is 4.74 Å². The van der Waals surface area contributed by atoms with E-state index in [0.717, 1.165) is 22.6 Å². The molecule has 0 atom stereocenters. The largest absolute Gasteiger partial charge is 0.465 e. The van der Waals surface area contributed by atoms with Crippen molar-refractivity contribution in [2.45, 2.75) is 13.8 Å². The van der Waals surface area contributed by atoms with Crippen molar-refractivity contribution in [1.29, 1.82) is 0 Å². The van der Waals surface area contributed by atoms with Crippen molar-refractivity contribution < 1.29 is 14.3 Å². The molecule has 0 spiro atoms. The van der Waals surface area contributed by atoms with Crippen molar-refractivity contribution in [1.82, 2.24) is 4.57 Å². The van der Waals surface area contributed by atoms with Gasteiger partial charge in [0, 0.05) is 22.6 Å². The van der Waals surface area contributed by atoms with E-state index >= 15 is 0 Å². The van der Waals surface area contributed by atoms with Gasteiger partial charge >= 0.3 is 5.97 Å². The number of carbonyl (C=O) groups is 2. The molecule has 0 bridgehead atoms. The molecule has 0 saturated carbocycles. The van der Waals surface area contributed by atoms with Gasteiger partial charge in [0.05, 0.1) is 12.7 Å². The predicted octanol–water partition coefficient (Wildman–Crippen LogP) is 4.78. The molecule has 0 aliphatic heterocycles. The molecule has 3 aromatic rings. The van der Waals surface area contributed by atoms with Gasteiger partial charge in [-0.15, -0.1) is 0 Å². The number of esters is 1. The lowest BCUT2D eigenvalue weighted by atomic mass is 10.1. The molecule has 0 radical (unpaired) electrons. The number of rotatable bonds is 5. The van der Waals surface area contributed by atoms with E-state index in [1.165, 1.54) is 7.11 Å². The van der Waals surface area contributed by atoms with Crippen LogP contribution in [-0.4, -0.2) is 23.4 Å². The fraction of sp³-hybridized carbons (Fsp3) is 0.130. The van der Waals surface area contributed by atoms with Crippen molar-refractivity contribution >= 4 is 17.8 Å². The van der Waals surface area contributed by atoms with Gasteiger partial charge in [-0.3, -0.25) is 4.79 Å². The highest BCUT2D eigenvalue weighted by atomic mass is 16.5. The number of methoxy groups -OCH3 is 1. The number of ether oxygens (including phenoxy) is 1. The summed E-state index contributed by atoms with van der Waals surface area (Å²) in [5.74, 6) is -0.402. The quantitative estimate of drug-likeness (QED) is 0.374. The van der Waals surface area contributed by atoms with Crippen molar-refractivity contribution in [2.24, 2.45) is 0 Å². The lowest BCUT2D eigenvalue weighted by Gasteiger charge is -2.11. The highest BCUT2D eigenvalue weighted by molar-refractivity contribution is 6.06. The number of aromatic nitrogens is 1. The number of benzene rings is 2. The zero-order chi connectivity index (χ0) is 19.4. The maximum atomic E-state index is 12.3. The second kappa shape index (κ2) is 7.87. The Bertz CT molecular complexity index is 1010. The predicted molar refractivity (Wildman–Crippen MR) is 106 cm³/mol. The van der Waals surface area contributed by atoms with Crippen LogP contribution in [0, 0.1) is 13.8 Å². The van der Waals surface area contributed by atoms with Crippen LogP contribution in [0.2, 0.25) is 0 Å². The van der Waals surface area contributed by atoms with Gasteiger partial charge in [-0.25, -0.2) is 4.79 Å². The van der Waals surface area contributed by atoms with E-state index in [2.05, 4.69) is 4.57 Å². The molecule has 0 saturated heterocycles. The Morgan fingerprint density at radius 2 is 1.63 bits per heavy atom. The minimum atomic E-state index is -0.368. The van der Waals surface area contributed by atoms with Crippen LogP contribution < -0.4 is 0 Å². The highest BCUT2D eigenvalue weighted by Gasteiger charge is 2.12. The summed E-state index contributed by atoms with van der Waals surface area (Å²) in [7, 11) is 1.37. The fourth-order valence-electron chi connectivity index (χ4n) is 3.11. The molecule has 0 aliphatic rings. The number of allylic oxidation sites excluding steroid dienone is 1. The van der Waals surface area contributed by atoms with E-state index in [-0.39, 0.29) is 11.8 Å². The zero-order valence-electron chi connectivity index (χ0n) is 15.6. The molecule has 3 rings (SSSR count). The van der Waals surface area contributed by atoms with E-state index in [1.807, 2.05) is 56.3 Å². The second-order valence-corrected chi connectivity index (χ2v) is 6.27. The summed E-state index contributed by atoms with van der Waals surface area (Å²) < 4.78 is 6.86. The topological polar surface area (TPSA) is 48.3 Å². The molecule has 1 heterocycles. The second-order valence-electron chi connectivity index (χ2n) is 6.27. The fourth-order valence-corrected chi connectivity index (χ4v) is 3.11. The SMILES string of the molecule is COC(=O)c1cccc(-n2c(C)cc(/C=C/C(=O)c3ccccc3)c2C)c1. The van der Waals surface area contributed by atoms with Crippen LogP contribution in [0.4, 0.5) is 0 Å². The summed E-state index contributed by atoms with van der Waals surface area (Å²) in [6, 6.07) is 18.5. The third-order valence-electron chi connectivity index (χ3n) is 4.47. The van der Waals surface area contributed by atoms with Gasteiger partial charge in [-0.05, 0) is 55.8 Å². The Balaban J connectivity index is 1.93. The van der Waals surface area contributed by atoms with E-state index in [9.17, 15) is 9.59 Å². The first-order valence-electron chi connectivity index (χ1n) is 8.66. The standard InChI is InChI=1S/C23H21NO3/c1-16-14-19(12-13-22(25)18-8-5-4-6-9-18)17(2)24(16)21-11-7-10-20(15-21)23(26)27-3/h4-15H,1-3H3/b13-12+. The van der Waals surface area contributed by atoms with Crippen LogP contribution in [0.25, 0.3) is 11.8 Å². The molecular formula is C23H21NO3. The molecule has 4 nitrogen and oxygen atoms in total. The highest BCUT2D eigenvalue weighted by Crippen LogP contribution is 2.23. The van der Waals surface area contributed by atoms with Gasteiger partial charge in [0.15, 0.2) is 5.78 Å². The Labute approximate surface area is 158 Å². The number of carbonyl (C=O) groups excluding carboxylic acids is 2. The summed E-state index contributed by atoms with van der Waals surface area (Å²) in [5, 5.41) is 0. The maximum Gasteiger partial charge on any atom is 0.337 e. The first kappa shape index (κ1) is 18.4. The van der Waals surface area contributed by atoms with Gasteiger partial charge in [-0.1, -0.05) is 36.4 Å². The molecule has 0 fully saturated rings. The number of nitrogens with zero attached hydrogens (tertiary/aromatic N) is 1. The van der Waals surface area contributed by atoms with Gasteiger partial charge in [0.2, 0.25) is 0 Å². The summed E-state index contributed by atoms with van der Waals surface area (Å²) >= 11 is 0. The number of hydrogen-bond donors (Lipinski definition) is 0. The van der Waals surface area contributed by atoms with Gasteiger partial charge in [0.1, 0.15) is 0 Å². The van der Waals surface area contributed by atoms with E-state index in [1.54, 1.807) is 30.3 Å². The normalized spacial score (nSPS) is 10.9. The van der Waals surface area contributed by atoms with Gasteiger partial charge in [0.25, 0.3) is 0 Å². The number of hydrogen-bond acceptors (Lipinski definition) is 3. The van der Waals surface area contributed by atoms with E-state index in [0.29, 0.717) is 11.1 Å². The van der Waals surface area contributed by atoms with Crippen molar-refractivity contribution in [3.8, 4) is 5.69 Å². The van der Waals surface area contributed by atoms with Gasteiger partial charge in [-0.2, -0.15) is 0 Å². The van der Waals surface area contributed by atoms with Gasteiger partial charge < -0.3 is 9.30 Å². The first-order chi connectivity index (χ1) is 13.0. The molecule has 0 aliphatic carbocycles. The first-order valence-corrected chi connectivity index (χ1v) is 8.66. The number of aryl methyl sites for hydroxylation is 1. The summed E-state index contributed by atoms with van der Waals surface area (Å²) in [5.41, 5.74) is 5.00. The lowest BCUT2D eigenvalue weighted by Crippen LogP contribution is -2.04. The Kier molecular flexibility index (Phi) is 5.36. The van der Waals surface area contributed by atoms with Crippen LogP contribution in [0.3, 0.4) is 0 Å². The maximum absolute atomic E-state index is 12.3. The molecule has 0 amide bonds. The van der Waals surface area contributed by atoms with Crippen LogP contribution in [0.5, 0.6) is 0 Å². The molecule has 0 unspecified atom stereocenters. The Morgan fingerprint density at radius 1 is 0.926 bits per heavy atom. The molecule has 27 heavy (non-hydrogen) atoms. The average Bonchev–Trinajstić information content (AvgIpc) is 2.99. The Hall–Kier alpha value is -3.40. The summed E-state index contributed by atoms with van der Waals surface area (Å²) in [6.45, 7) is 3.98. The average molecular weight is 359 g/mol.